The smallest absolute Gasteiger partial charge is 0.124 e. The van der Waals surface area contributed by atoms with Crippen molar-refractivity contribution in [2.24, 2.45) is 0 Å². The van der Waals surface area contributed by atoms with Gasteiger partial charge in [0.1, 0.15) is 5.82 Å². The molecule has 0 bridgehead atoms. The maximum absolute atomic E-state index is 13.0. The normalized spacial score (nSPS) is 15.5. The van der Waals surface area contributed by atoms with Gasteiger partial charge >= 0.3 is 0 Å². The first-order valence-electron chi connectivity index (χ1n) is 6.37. The Bertz CT molecular complexity index is 587. The number of halogens is 2. The van der Waals surface area contributed by atoms with E-state index in [2.05, 4.69) is 22.0 Å². The Morgan fingerprint density at radius 3 is 2.89 bits per heavy atom. The van der Waals surface area contributed by atoms with Gasteiger partial charge in [0, 0.05) is 20.6 Å². The zero-order chi connectivity index (χ0) is 13.4. The lowest BCUT2D eigenvalue weighted by Gasteiger charge is -2.10. The standard InChI is InChI=1S/C15H14BrFOS/c16-12-8-11(17)5-4-9(12)6-13(18)15-7-10-2-1-3-14(10)19-15/h4-5,7-8,13,18H,1-3,6H2. The Hall–Kier alpha value is -0.710. The van der Waals surface area contributed by atoms with E-state index in [0.717, 1.165) is 27.8 Å². The Morgan fingerprint density at radius 2 is 2.16 bits per heavy atom. The van der Waals surface area contributed by atoms with E-state index in [1.807, 2.05) is 0 Å². The van der Waals surface area contributed by atoms with Crippen LogP contribution in [-0.2, 0) is 19.3 Å². The molecule has 0 amide bonds. The summed E-state index contributed by atoms with van der Waals surface area (Å²) < 4.78 is 13.7. The third-order valence-electron chi connectivity index (χ3n) is 3.52. The van der Waals surface area contributed by atoms with Crippen LogP contribution in [0.1, 0.15) is 33.4 Å². The van der Waals surface area contributed by atoms with Crippen LogP contribution < -0.4 is 0 Å². The van der Waals surface area contributed by atoms with Gasteiger partial charge in [-0.05, 0) is 48.6 Å². The van der Waals surface area contributed by atoms with Gasteiger partial charge in [-0.1, -0.05) is 22.0 Å². The minimum Gasteiger partial charge on any atom is -0.387 e. The van der Waals surface area contributed by atoms with Crippen LogP contribution in [0.15, 0.2) is 28.7 Å². The second-order valence-electron chi connectivity index (χ2n) is 4.91. The number of hydrogen-bond acceptors (Lipinski definition) is 2. The lowest BCUT2D eigenvalue weighted by Crippen LogP contribution is -2.00. The summed E-state index contributed by atoms with van der Waals surface area (Å²) in [6.45, 7) is 0. The molecule has 0 spiro atoms. The van der Waals surface area contributed by atoms with E-state index in [0.29, 0.717) is 6.42 Å². The molecule has 0 aliphatic heterocycles. The largest absolute Gasteiger partial charge is 0.387 e. The molecule has 1 atom stereocenters. The molecule has 100 valence electrons. The summed E-state index contributed by atoms with van der Waals surface area (Å²) in [5.74, 6) is -0.264. The lowest BCUT2D eigenvalue weighted by molar-refractivity contribution is 0.182. The fourth-order valence-electron chi connectivity index (χ4n) is 2.51. The van der Waals surface area contributed by atoms with Crippen molar-refractivity contribution in [3.63, 3.8) is 0 Å². The van der Waals surface area contributed by atoms with Crippen LogP contribution in [0.2, 0.25) is 0 Å². The number of aryl methyl sites for hydroxylation is 2. The molecule has 0 fully saturated rings. The molecule has 1 nitrogen and oxygen atoms in total. The molecule has 0 saturated carbocycles. The first-order valence-corrected chi connectivity index (χ1v) is 7.98. The molecule has 4 heteroatoms. The van der Waals surface area contributed by atoms with E-state index < -0.39 is 6.10 Å². The van der Waals surface area contributed by atoms with Crippen LogP contribution in [0, 0.1) is 5.82 Å². The number of thiophene rings is 1. The van der Waals surface area contributed by atoms with Gasteiger partial charge in [-0.25, -0.2) is 4.39 Å². The first kappa shape index (κ1) is 13.3. The van der Waals surface area contributed by atoms with Crippen LogP contribution in [0.25, 0.3) is 0 Å². The molecule has 1 aliphatic rings. The molecule has 2 aromatic rings. The van der Waals surface area contributed by atoms with Gasteiger partial charge in [-0.2, -0.15) is 0 Å². The summed E-state index contributed by atoms with van der Waals surface area (Å²) >= 11 is 5.06. The molecular weight excluding hydrogens is 327 g/mol. The number of fused-ring (bicyclic) bond motifs is 1. The Morgan fingerprint density at radius 1 is 1.32 bits per heavy atom. The van der Waals surface area contributed by atoms with Gasteiger partial charge in [0.15, 0.2) is 0 Å². The quantitative estimate of drug-likeness (QED) is 0.877. The van der Waals surface area contributed by atoms with E-state index in [1.54, 1.807) is 17.4 Å². The summed E-state index contributed by atoms with van der Waals surface area (Å²) in [5.41, 5.74) is 2.33. The average Bonchev–Trinajstić information content (AvgIpc) is 2.93. The highest BCUT2D eigenvalue weighted by Crippen LogP contribution is 2.35. The highest BCUT2D eigenvalue weighted by molar-refractivity contribution is 9.10. The van der Waals surface area contributed by atoms with E-state index in [9.17, 15) is 9.50 Å². The fourth-order valence-corrected chi connectivity index (χ4v) is 4.27. The SMILES string of the molecule is OC(Cc1ccc(F)cc1Br)c1cc2c(s1)CCC2. The Balaban J connectivity index is 1.78. The third-order valence-corrected chi connectivity index (χ3v) is 5.60. The van der Waals surface area contributed by atoms with Crippen LogP contribution in [-0.4, -0.2) is 5.11 Å². The number of rotatable bonds is 3. The maximum Gasteiger partial charge on any atom is 0.124 e. The van der Waals surface area contributed by atoms with Gasteiger partial charge in [0.25, 0.3) is 0 Å². The van der Waals surface area contributed by atoms with Crippen LogP contribution >= 0.6 is 27.3 Å². The van der Waals surface area contributed by atoms with Crippen molar-refractivity contribution in [1.29, 1.82) is 0 Å². The summed E-state index contributed by atoms with van der Waals surface area (Å²) in [6.07, 6.45) is 3.53. The van der Waals surface area contributed by atoms with E-state index in [-0.39, 0.29) is 5.82 Å². The van der Waals surface area contributed by atoms with Crippen molar-refractivity contribution in [2.45, 2.75) is 31.8 Å². The molecule has 1 unspecified atom stereocenters. The highest BCUT2D eigenvalue weighted by Gasteiger charge is 2.19. The van der Waals surface area contributed by atoms with Crippen LogP contribution in [0.3, 0.4) is 0 Å². The lowest BCUT2D eigenvalue weighted by atomic mass is 10.1. The number of hydrogen-bond donors (Lipinski definition) is 1. The topological polar surface area (TPSA) is 20.2 Å². The third kappa shape index (κ3) is 2.76. The Labute approximate surface area is 124 Å². The predicted molar refractivity (Wildman–Crippen MR) is 79.1 cm³/mol. The minimum absolute atomic E-state index is 0.264. The highest BCUT2D eigenvalue weighted by atomic mass is 79.9. The van der Waals surface area contributed by atoms with Crippen molar-refractivity contribution in [3.8, 4) is 0 Å². The van der Waals surface area contributed by atoms with Gasteiger partial charge in [0.2, 0.25) is 0 Å². The minimum atomic E-state index is -0.502. The molecule has 3 rings (SSSR count). The van der Waals surface area contributed by atoms with E-state index >= 15 is 0 Å². The molecular formula is C15H14BrFOS. The van der Waals surface area contributed by atoms with E-state index in [1.165, 1.54) is 29.0 Å². The van der Waals surface area contributed by atoms with Gasteiger partial charge in [0.05, 0.1) is 6.10 Å². The van der Waals surface area contributed by atoms with Crippen molar-refractivity contribution < 1.29 is 9.50 Å². The van der Waals surface area contributed by atoms with Crippen LogP contribution in [0.4, 0.5) is 4.39 Å². The van der Waals surface area contributed by atoms with Gasteiger partial charge in [-0.3, -0.25) is 0 Å². The summed E-state index contributed by atoms with van der Waals surface area (Å²) in [4.78, 5) is 2.45. The fraction of sp³-hybridized carbons (Fsp3) is 0.333. The molecule has 1 aromatic heterocycles. The second kappa shape index (κ2) is 5.35. The average molecular weight is 341 g/mol. The van der Waals surface area contributed by atoms with Crippen molar-refractivity contribution in [1.82, 2.24) is 0 Å². The molecule has 0 saturated heterocycles. The van der Waals surface area contributed by atoms with Crippen molar-refractivity contribution >= 4 is 27.3 Å². The molecule has 1 N–H and O–H groups in total. The van der Waals surface area contributed by atoms with E-state index in [4.69, 9.17) is 0 Å². The molecule has 19 heavy (non-hydrogen) atoms. The van der Waals surface area contributed by atoms with Crippen LogP contribution in [0.5, 0.6) is 0 Å². The maximum atomic E-state index is 13.0. The zero-order valence-electron chi connectivity index (χ0n) is 10.3. The van der Waals surface area contributed by atoms with Crippen molar-refractivity contribution in [2.75, 3.05) is 0 Å². The van der Waals surface area contributed by atoms with Gasteiger partial charge in [-0.15, -0.1) is 11.3 Å². The first-order chi connectivity index (χ1) is 9.13. The predicted octanol–water partition coefficient (Wildman–Crippen LogP) is 4.41. The number of aliphatic hydroxyl groups is 1. The molecule has 1 aliphatic carbocycles. The van der Waals surface area contributed by atoms with Crippen molar-refractivity contribution in [3.05, 3.63) is 55.4 Å². The zero-order valence-corrected chi connectivity index (χ0v) is 12.7. The number of aliphatic hydroxyl groups excluding tert-OH is 1. The monoisotopic (exact) mass is 340 g/mol. The molecule has 1 heterocycles. The summed E-state index contributed by atoms with van der Waals surface area (Å²) in [6, 6.07) is 6.73. The molecule has 0 radical (unpaired) electrons. The molecule has 1 aromatic carbocycles. The van der Waals surface area contributed by atoms with Gasteiger partial charge < -0.3 is 5.11 Å². The Kier molecular flexibility index (Phi) is 3.74. The second-order valence-corrected chi connectivity index (χ2v) is 6.93. The summed E-state index contributed by atoms with van der Waals surface area (Å²) in [7, 11) is 0. The number of benzene rings is 1. The summed E-state index contributed by atoms with van der Waals surface area (Å²) in [5, 5.41) is 10.3.